The van der Waals surface area contributed by atoms with Crippen LogP contribution < -0.4 is 0 Å². The predicted octanol–water partition coefficient (Wildman–Crippen LogP) is 3.71. The zero-order valence-corrected chi connectivity index (χ0v) is 9.66. The number of carbonyl (C=O) groups excluding carboxylic acids is 1. The van der Waals surface area contributed by atoms with Gasteiger partial charge in [-0.1, -0.05) is 44.2 Å². The van der Waals surface area contributed by atoms with E-state index in [1.54, 1.807) is 13.0 Å². The summed E-state index contributed by atoms with van der Waals surface area (Å²) in [4.78, 5) is 11.1. The Hall–Kier alpha value is -1.37. The SMILES string of the molecule is CC(=O)/C=C(/CC(C)C)c1ccccc1. The predicted molar refractivity (Wildman–Crippen MR) is 64.6 cm³/mol. The van der Waals surface area contributed by atoms with Crippen LogP contribution in [0.3, 0.4) is 0 Å². The Morgan fingerprint density at radius 2 is 1.87 bits per heavy atom. The fraction of sp³-hybridized carbons (Fsp3) is 0.357. The summed E-state index contributed by atoms with van der Waals surface area (Å²) in [5.74, 6) is 0.685. The first-order valence-electron chi connectivity index (χ1n) is 5.36. The molecule has 0 saturated heterocycles. The monoisotopic (exact) mass is 202 g/mol. The number of benzene rings is 1. The summed E-state index contributed by atoms with van der Waals surface area (Å²) in [7, 11) is 0. The van der Waals surface area contributed by atoms with Crippen LogP contribution in [-0.4, -0.2) is 5.78 Å². The van der Waals surface area contributed by atoms with Gasteiger partial charge in [-0.2, -0.15) is 0 Å². The van der Waals surface area contributed by atoms with E-state index in [2.05, 4.69) is 26.0 Å². The van der Waals surface area contributed by atoms with Crippen molar-refractivity contribution in [3.05, 3.63) is 42.0 Å². The number of hydrogen-bond donors (Lipinski definition) is 0. The zero-order valence-electron chi connectivity index (χ0n) is 9.66. The van der Waals surface area contributed by atoms with Gasteiger partial charge in [0.1, 0.15) is 0 Å². The second-order valence-electron chi connectivity index (χ2n) is 4.24. The van der Waals surface area contributed by atoms with E-state index in [1.165, 1.54) is 0 Å². The van der Waals surface area contributed by atoms with Gasteiger partial charge in [-0.3, -0.25) is 4.79 Å². The Labute approximate surface area is 91.8 Å². The van der Waals surface area contributed by atoms with Crippen molar-refractivity contribution in [2.45, 2.75) is 27.2 Å². The average molecular weight is 202 g/mol. The fourth-order valence-corrected chi connectivity index (χ4v) is 1.60. The van der Waals surface area contributed by atoms with E-state index < -0.39 is 0 Å². The number of carbonyl (C=O) groups is 1. The summed E-state index contributed by atoms with van der Waals surface area (Å²) in [5.41, 5.74) is 2.29. The molecule has 0 aliphatic heterocycles. The second-order valence-corrected chi connectivity index (χ2v) is 4.24. The van der Waals surface area contributed by atoms with Gasteiger partial charge < -0.3 is 0 Å². The van der Waals surface area contributed by atoms with Crippen LogP contribution in [0.5, 0.6) is 0 Å². The van der Waals surface area contributed by atoms with Crippen LogP contribution >= 0.6 is 0 Å². The third-order valence-corrected chi connectivity index (χ3v) is 2.15. The van der Waals surface area contributed by atoms with Crippen molar-refractivity contribution in [2.75, 3.05) is 0 Å². The number of ketones is 1. The van der Waals surface area contributed by atoms with Gasteiger partial charge in [-0.15, -0.1) is 0 Å². The van der Waals surface area contributed by atoms with Crippen molar-refractivity contribution in [1.82, 2.24) is 0 Å². The first-order valence-corrected chi connectivity index (χ1v) is 5.36. The van der Waals surface area contributed by atoms with Gasteiger partial charge >= 0.3 is 0 Å². The second kappa shape index (κ2) is 5.50. The van der Waals surface area contributed by atoms with Gasteiger partial charge in [0.2, 0.25) is 0 Å². The van der Waals surface area contributed by atoms with E-state index in [-0.39, 0.29) is 5.78 Å². The Bertz CT molecular complexity index is 347. The van der Waals surface area contributed by atoms with Gasteiger partial charge in [0.05, 0.1) is 0 Å². The fourth-order valence-electron chi connectivity index (χ4n) is 1.60. The molecule has 1 heteroatoms. The lowest BCUT2D eigenvalue weighted by atomic mass is 9.95. The molecule has 0 bridgehead atoms. The van der Waals surface area contributed by atoms with Gasteiger partial charge in [0.15, 0.2) is 5.78 Å². The molecule has 0 fully saturated rings. The number of rotatable bonds is 4. The lowest BCUT2D eigenvalue weighted by molar-refractivity contribution is -0.112. The molecule has 0 aromatic heterocycles. The largest absolute Gasteiger partial charge is 0.295 e. The smallest absolute Gasteiger partial charge is 0.152 e. The molecule has 0 atom stereocenters. The normalized spacial score (nSPS) is 11.9. The maximum Gasteiger partial charge on any atom is 0.152 e. The summed E-state index contributed by atoms with van der Waals surface area (Å²) in [6.45, 7) is 5.93. The van der Waals surface area contributed by atoms with Crippen molar-refractivity contribution in [3.8, 4) is 0 Å². The Morgan fingerprint density at radius 3 is 2.33 bits per heavy atom. The first kappa shape index (κ1) is 11.7. The zero-order chi connectivity index (χ0) is 11.3. The quantitative estimate of drug-likeness (QED) is 0.680. The Balaban J connectivity index is 2.97. The lowest BCUT2D eigenvalue weighted by Crippen LogP contribution is -1.94. The summed E-state index contributed by atoms with van der Waals surface area (Å²) >= 11 is 0. The molecule has 0 saturated carbocycles. The minimum Gasteiger partial charge on any atom is -0.295 e. The number of allylic oxidation sites excluding steroid dienone is 2. The van der Waals surface area contributed by atoms with Crippen molar-refractivity contribution >= 4 is 11.4 Å². The highest BCUT2D eigenvalue weighted by molar-refractivity contribution is 5.95. The molecule has 1 aromatic carbocycles. The van der Waals surface area contributed by atoms with Crippen LogP contribution in [0.15, 0.2) is 36.4 Å². The molecule has 1 aromatic rings. The molecular formula is C14H18O. The Kier molecular flexibility index (Phi) is 4.29. The van der Waals surface area contributed by atoms with Crippen LogP contribution in [0.1, 0.15) is 32.8 Å². The summed E-state index contributed by atoms with van der Waals surface area (Å²) < 4.78 is 0. The van der Waals surface area contributed by atoms with E-state index in [0.29, 0.717) is 5.92 Å². The van der Waals surface area contributed by atoms with Gasteiger partial charge in [-0.25, -0.2) is 0 Å². The summed E-state index contributed by atoms with van der Waals surface area (Å²) in [5, 5.41) is 0. The van der Waals surface area contributed by atoms with Crippen molar-refractivity contribution < 1.29 is 4.79 Å². The minimum atomic E-state index is 0.120. The molecule has 0 aliphatic rings. The molecule has 1 nitrogen and oxygen atoms in total. The van der Waals surface area contributed by atoms with E-state index in [4.69, 9.17) is 0 Å². The van der Waals surface area contributed by atoms with Crippen LogP contribution in [-0.2, 0) is 4.79 Å². The molecule has 0 unspecified atom stereocenters. The van der Waals surface area contributed by atoms with E-state index in [9.17, 15) is 4.79 Å². The minimum absolute atomic E-state index is 0.120. The maximum atomic E-state index is 11.1. The average Bonchev–Trinajstić information content (AvgIpc) is 2.17. The number of hydrogen-bond acceptors (Lipinski definition) is 1. The summed E-state index contributed by atoms with van der Waals surface area (Å²) in [6.07, 6.45) is 2.69. The lowest BCUT2D eigenvalue weighted by Gasteiger charge is -2.09. The van der Waals surface area contributed by atoms with Crippen LogP contribution in [0, 0.1) is 5.92 Å². The highest BCUT2D eigenvalue weighted by Crippen LogP contribution is 2.22. The van der Waals surface area contributed by atoms with Gasteiger partial charge in [0, 0.05) is 0 Å². The Morgan fingerprint density at radius 1 is 1.27 bits per heavy atom. The molecule has 1 rings (SSSR count). The molecule has 0 amide bonds. The molecule has 0 heterocycles. The third kappa shape index (κ3) is 4.11. The van der Waals surface area contributed by atoms with Crippen molar-refractivity contribution in [3.63, 3.8) is 0 Å². The van der Waals surface area contributed by atoms with E-state index in [0.717, 1.165) is 17.6 Å². The molecule has 0 N–H and O–H groups in total. The molecule has 0 spiro atoms. The summed E-state index contributed by atoms with van der Waals surface area (Å²) in [6, 6.07) is 10.1. The van der Waals surface area contributed by atoms with E-state index >= 15 is 0 Å². The van der Waals surface area contributed by atoms with Crippen molar-refractivity contribution in [2.24, 2.45) is 5.92 Å². The van der Waals surface area contributed by atoms with E-state index in [1.807, 2.05) is 18.2 Å². The molecule has 80 valence electrons. The third-order valence-electron chi connectivity index (χ3n) is 2.15. The standard InChI is InChI=1S/C14H18O/c1-11(2)9-14(10-12(3)15)13-7-5-4-6-8-13/h4-8,10-11H,9H2,1-3H3/b14-10-. The molecular weight excluding hydrogens is 184 g/mol. The topological polar surface area (TPSA) is 17.1 Å². The molecule has 0 aliphatic carbocycles. The van der Waals surface area contributed by atoms with Crippen LogP contribution in [0.4, 0.5) is 0 Å². The van der Waals surface area contributed by atoms with Gasteiger partial charge in [-0.05, 0) is 36.5 Å². The maximum absolute atomic E-state index is 11.1. The first-order chi connectivity index (χ1) is 7.09. The van der Waals surface area contributed by atoms with Crippen molar-refractivity contribution in [1.29, 1.82) is 0 Å². The van der Waals surface area contributed by atoms with Gasteiger partial charge in [0.25, 0.3) is 0 Å². The van der Waals surface area contributed by atoms with Crippen LogP contribution in [0.2, 0.25) is 0 Å². The van der Waals surface area contributed by atoms with Crippen LogP contribution in [0.25, 0.3) is 5.57 Å². The highest BCUT2D eigenvalue weighted by Gasteiger charge is 2.04. The highest BCUT2D eigenvalue weighted by atomic mass is 16.1. The molecule has 15 heavy (non-hydrogen) atoms. The molecule has 0 radical (unpaired) electrons.